The summed E-state index contributed by atoms with van der Waals surface area (Å²) in [7, 11) is 0. The van der Waals surface area contributed by atoms with Gasteiger partial charge in [0.1, 0.15) is 0 Å². The Balaban J connectivity index is 1.73. The van der Waals surface area contributed by atoms with Crippen molar-refractivity contribution in [3.05, 3.63) is 29.8 Å². The number of para-hydroxylation sites is 1. The summed E-state index contributed by atoms with van der Waals surface area (Å²) in [5.41, 5.74) is 2.94. The van der Waals surface area contributed by atoms with E-state index in [-0.39, 0.29) is 0 Å². The van der Waals surface area contributed by atoms with Crippen molar-refractivity contribution in [1.82, 2.24) is 4.90 Å². The second-order valence-electron chi connectivity index (χ2n) is 5.22. The molecule has 0 aliphatic carbocycles. The molecule has 0 saturated carbocycles. The lowest BCUT2D eigenvalue weighted by Gasteiger charge is -2.46. The topological polar surface area (TPSA) is 30.3 Å². The molecule has 3 heteroatoms. The highest BCUT2D eigenvalue weighted by Gasteiger charge is 2.30. The molecule has 3 rings (SSSR count). The molecule has 1 fully saturated rings. The molecule has 1 aromatic carbocycles. The molecular weight excluding hydrogens is 222 g/mol. The van der Waals surface area contributed by atoms with Gasteiger partial charge >= 0.3 is 0 Å². The van der Waals surface area contributed by atoms with Gasteiger partial charge in [0.05, 0.1) is 6.07 Å². The molecule has 1 aromatic rings. The van der Waals surface area contributed by atoms with E-state index in [0.717, 1.165) is 26.2 Å². The normalized spacial score (nSPS) is 23.1. The van der Waals surface area contributed by atoms with E-state index in [0.29, 0.717) is 12.5 Å². The molecule has 18 heavy (non-hydrogen) atoms. The van der Waals surface area contributed by atoms with Crippen molar-refractivity contribution < 1.29 is 0 Å². The zero-order valence-corrected chi connectivity index (χ0v) is 10.7. The lowest BCUT2D eigenvalue weighted by atomic mass is 9.94. The summed E-state index contributed by atoms with van der Waals surface area (Å²) >= 11 is 0. The van der Waals surface area contributed by atoms with Crippen molar-refractivity contribution in [2.75, 3.05) is 31.1 Å². The maximum absolute atomic E-state index is 8.67. The van der Waals surface area contributed by atoms with Gasteiger partial charge in [0, 0.05) is 44.3 Å². The predicted octanol–water partition coefficient (Wildman–Crippen LogP) is 2.04. The van der Waals surface area contributed by atoms with E-state index in [2.05, 4.69) is 40.1 Å². The Labute approximate surface area is 109 Å². The highest BCUT2D eigenvalue weighted by molar-refractivity contribution is 5.57. The molecule has 0 N–H and O–H groups in total. The van der Waals surface area contributed by atoms with Crippen LogP contribution < -0.4 is 4.90 Å². The summed E-state index contributed by atoms with van der Waals surface area (Å²) in [6, 6.07) is 11.7. The highest BCUT2D eigenvalue weighted by Crippen LogP contribution is 2.32. The fraction of sp³-hybridized carbons (Fsp3) is 0.533. The van der Waals surface area contributed by atoms with E-state index in [1.54, 1.807) is 0 Å². The number of hydrogen-bond acceptors (Lipinski definition) is 3. The Morgan fingerprint density at radius 2 is 2.17 bits per heavy atom. The van der Waals surface area contributed by atoms with Gasteiger partial charge in [0.25, 0.3) is 0 Å². The van der Waals surface area contributed by atoms with Crippen LogP contribution in [0.3, 0.4) is 0 Å². The summed E-state index contributed by atoms with van der Waals surface area (Å²) < 4.78 is 0. The molecule has 2 aliphatic rings. The van der Waals surface area contributed by atoms with Crippen molar-refractivity contribution in [2.45, 2.75) is 25.3 Å². The maximum atomic E-state index is 8.67. The van der Waals surface area contributed by atoms with Crippen molar-refractivity contribution in [3.63, 3.8) is 0 Å². The van der Waals surface area contributed by atoms with Gasteiger partial charge in [-0.1, -0.05) is 18.2 Å². The molecule has 0 amide bonds. The Bertz CT molecular complexity index is 463. The van der Waals surface area contributed by atoms with Gasteiger partial charge in [0.2, 0.25) is 0 Å². The van der Waals surface area contributed by atoms with Crippen LogP contribution in [0.25, 0.3) is 0 Å². The minimum Gasteiger partial charge on any atom is -0.366 e. The molecule has 2 aliphatic heterocycles. The van der Waals surface area contributed by atoms with Gasteiger partial charge in [-0.15, -0.1) is 0 Å². The van der Waals surface area contributed by atoms with Crippen molar-refractivity contribution in [3.8, 4) is 6.07 Å². The number of anilines is 1. The SMILES string of the molecule is N#CCCN1CCN2c3ccccc3CCC2C1. The minimum atomic E-state index is 0.646. The van der Waals surface area contributed by atoms with Gasteiger partial charge in [-0.05, 0) is 24.5 Å². The van der Waals surface area contributed by atoms with E-state index in [1.807, 2.05) is 0 Å². The van der Waals surface area contributed by atoms with Gasteiger partial charge in [-0.25, -0.2) is 0 Å². The lowest BCUT2D eigenvalue weighted by molar-refractivity contribution is 0.218. The average molecular weight is 241 g/mol. The quantitative estimate of drug-likeness (QED) is 0.793. The van der Waals surface area contributed by atoms with Crippen LogP contribution in [0.1, 0.15) is 18.4 Å². The first kappa shape index (κ1) is 11.6. The molecule has 2 heterocycles. The van der Waals surface area contributed by atoms with Crippen molar-refractivity contribution in [1.29, 1.82) is 5.26 Å². The van der Waals surface area contributed by atoms with E-state index in [9.17, 15) is 0 Å². The van der Waals surface area contributed by atoms with Crippen LogP contribution in [-0.2, 0) is 6.42 Å². The largest absolute Gasteiger partial charge is 0.366 e. The number of fused-ring (bicyclic) bond motifs is 3. The average Bonchev–Trinajstić information content (AvgIpc) is 2.44. The molecule has 1 saturated heterocycles. The Kier molecular flexibility index (Phi) is 3.21. The fourth-order valence-corrected chi connectivity index (χ4v) is 3.22. The summed E-state index contributed by atoms with van der Waals surface area (Å²) in [4.78, 5) is 5.01. The third-order valence-electron chi connectivity index (χ3n) is 4.15. The Morgan fingerprint density at radius 1 is 1.28 bits per heavy atom. The van der Waals surface area contributed by atoms with Crippen LogP contribution in [0.15, 0.2) is 24.3 Å². The third-order valence-corrected chi connectivity index (χ3v) is 4.15. The fourth-order valence-electron chi connectivity index (χ4n) is 3.22. The summed E-state index contributed by atoms with van der Waals surface area (Å²) in [6.07, 6.45) is 3.10. The molecular formula is C15H19N3. The second kappa shape index (κ2) is 4.99. The van der Waals surface area contributed by atoms with Crippen LogP contribution in [0.2, 0.25) is 0 Å². The first-order chi connectivity index (χ1) is 8.88. The number of aryl methyl sites for hydroxylation is 1. The smallest absolute Gasteiger partial charge is 0.0635 e. The number of hydrogen-bond donors (Lipinski definition) is 0. The zero-order valence-electron chi connectivity index (χ0n) is 10.7. The number of nitrogens with zero attached hydrogens (tertiary/aromatic N) is 3. The standard InChI is InChI=1S/C15H19N3/c16-8-3-9-17-10-11-18-14(12-17)7-6-13-4-1-2-5-15(13)18/h1-2,4-5,14H,3,6-7,9-12H2. The summed E-state index contributed by atoms with van der Waals surface area (Å²) in [6.45, 7) is 4.25. The Hall–Kier alpha value is -1.53. The summed E-state index contributed by atoms with van der Waals surface area (Å²) in [5, 5.41) is 8.67. The third kappa shape index (κ3) is 2.09. The first-order valence-electron chi connectivity index (χ1n) is 6.82. The van der Waals surface area contributed by atoms with E-state index in [1.165, 1.54) is 24.1 Å². The van der Waals surface area contributed by atoms with Gasteiger partial charge in [0.15, 0.2) is 0 Å². The van der Waals surface area contributed by atoms with E-state index < -0.39 is 0 Å². The van der Waals surface area contributed by atoms with Crippen LogP contribution in [-0.4, -0.2) is 37.1 Å². The molecule has 0 radical (unpaired) electrons. The zero-order chi connectivity index (χ0) is 12.4. The van der Waals surface area contributed by atoms with Gasteiger partial charge in [-0.3, -0.25) is 4.90 Å². The maximum Gasteiger partial charge on any atom is 0.0635 e. The summed E-state index contributed by atoms with van der Waals surface area (Å²) in [5.74, 6) is 0. The van der Waals surface area contributed by atoms with Gasteiger partial charge in [-0.2, -0.15) is 5.26 Å². The Morgan fingerprint density at radius 3 is 3.06 bits per heavy atom. The molecule has 1 unspecified atom stereocenters. The van der Waals surface area contributed by atoms with Crippen molar-refractivity contribution >= 4 is 5.69 Å². The predicted molar refractivity (Wildman–Crippen MR) is 72.6 cm³/mol. The minimum absolute atomic E-state index is 0.646. The molecule has 3 nitrogen and oxygen atoms in total. The molecule has 0 aromatic heterocycles. The molecule has 0 bridgehead atoms. The number of piperazine rings is 1. The molecule has 1 atom stereocenters. The molecule has 94 valence electrons. The molecule has 0 spiro atoms. The van der Waals surface area contributed by atoms with Crippen LogP contribution in [0.5, 0.6) is 0 Å². The van der Waals surface area contributed by atoms with E-state index >= 15 is 0 Å². The van der Waals surface area contributed by atoms with E-state index in [4.69, 9.17) is 5.26 Å². The number of nitriles is 1. The second-order valence-corrected chi connectivity index (χ2v) is 5.22. The van der Waals surface area contributed by atoms with Gasteiger partial charge < -0.3 is 4.90 Å². The monoisotopic (exact) mass is 241 g/mol. The van der Waals surface area contributed by atoms with Crippen LogP contribution >= 0.6 is 0 Å². The van der Waals surface area contributed by atoms with Crippen LogP contribution in [0, 0.1) is 11.3 Å². The number of rotatable bonds is 2. The first-order valence-corrected chi connectivity index (χ1v) is 6.82. The lowest BCUT2D eigenvalue weighted by Crippen LogP contribution is -2.55. The van der Waals surface area contributed by atoms with Crippen molar-refractivity contribution in [2.24, 2.45) is 0 Å². The number of benzene rings is 1. The van der Waals surface area contributed by atoms with Crippen LogP contribution in [0.4, 0.5) is 5.69 Å². The highest BCUT2D eigenvalue weighted by atomic mass is 15.3.